The summed E-state index contributed by atoms with van der Waals surface area (Å²) in [6, 6.07) is 12.6. The number of piperidine rings is 3. The molecule has 386 valence electrons. The van der Waals surface area contributed by atoms with Gasteiger partial charge in [0.15, 0.2) is 12.6 Å². The van der Waals surface area contributed by atoms with Crippen molar-refractivity contribution in [1.29, 1.82) is 0 Å². The van der Waals surface area contributed by atoms with E-state index >= 15 is 8.78 Å². The van der Waals surface area contributed by atoms with Crippen molar-refractivity contribution in [2.45, 2.75) is 69.6 Å². The first-order valence-corrected chi connectivity index (χ1v) is 26.1. The maximum absolute atomic E-state index is 17.2. The predicted molar refractivity (Wildman–Crippen MR) is 276 cm³/mol. The number of amides is 3. The minimum Gasteiger partial charge on any atom is -0.468 e. The Hall–Kier alpha value is -6.81. The van der Waals surface area contributed by atoms with Crippen molar-refractivity contribution in [3.63, 3.8) is 0 Å². The molecule has 1 saturated carbocycles. The van der Waals surface area contributed by atoms with Gasteiger partial charge in [-0.25, -0.2) is 8.78 Å². The summed E-state index contributed by atoms with van der Waals surface area (Å²) in [5.74, 6) is 2.78. The summed E-state index contributed by atoms with van der Waals surface area (Å²) >= 11 is 0. The first-order chi connectivity index (χ1) is 36.0. The van der Waals surface area contributed by atoms with Crippen LogP contribution in [-0.4, -0.2) is 143 Å². The summed E-state index contributed by atoms with van der Waals surface area (Å²) in [6.45, 7) is 8.36. The van der Waals surface area contributed by atoms with Crippen LogP contribution < -0.4 is 19.7 Å². The van der Waals surface area contributed by atoms with Gasteiger partial charge in [-0.3, -0.25) is 29.4 Å². The summed E-state index contributed by atoms with van der Waals surface area (Å²) in [7, 11) is 3.39. The highest BCUT2D eigenvalue weighted by Gasteiger charge is 2.36. The molecule has 0 radical (unpaired) electrons. The highest BCUT2D eigenvalue weighted by molar-refractivity contribution is 6.04. The number of piperazine rings is 1. The predicted octanol–water partition coefficient (Wildman–Crippen LogP) is 6.91. The Morgan fingerprint density at radius 3 is 2.41 bits per heavy atom. The van der Waals surface area contributed by atoms with E-state index in [4.69, 9.17) is 30.7 Å². The lowest BCUT2D eigenvalue weighted by atomic mass is 9.87. The van der Waals surface area contributed by atoms with Gasteiger partial charge in [0.05, 0.1) is 34.7 Å². The molecule has 11 rings (SSSR count). The number of fused-ring (bicyclic) bond motifs is 5. The largest absolute Gasteiger partial charge is 0.468 e. The Bertz CT molecular complexity index is 3170. The zero-order valence-electron chi connectivity index (χ0n) is 42.1. The van der Waals surface area contributed by atoms with Gasteiger partial charge in [0.1, 0.15) is 28.6 Å². The third kappa shape index (κ3) is 9.96. The molecule has 6 aromatic rings. The molecular formula is C56H62F2N10O6. The van der Waals surface area contributed by atoms with Crippen LogP contribution in [0.3, 0.4) is 0 Å². The highest BCUT2D eigenvalue weighted by Crippen LogP contribution is 2.42. The summed E-state index contributed by atoms with van der Waals surface area (Å²) in [5.41, 5.74) is 3.17. The monoisotopic (exact) mass is 1010 g/mol. The molecule has 3 unspecified atom stereocenters. The Labute approximate surface area is 428 Å². The van der Waals surface area contributed by atoms with Crippen LogP contribution in [0.4, 0.5) is 14.6 Å². The average molecular weight is 1010 g/mol. The Kier molecular flexibility index (Phi) is 14.2. The van der Waals surface area contributed by atoms with Gasteiger partial charge in [0, 0.05) is 115 Å². The first kappa shape index (κ1) is 49.4. The van der Waals surface area contributed by atoms with E-state index in [9.17, 15) is 14.4 Å². The summed E-state index contributed by atoms with van der Waals surface area (Å²) in [6.07, 6.45) is 14.7. The summed E-state index contributed by atoms with van der Waals surface area (Å²) in [5, 5.41) is 9.47. The lowest BCUT2D eigenvalue weighted by Gasteiger charge is -2.36. The number of aromatic nitrogens is 5. The molecule has 3 aromatic heterocycles. The molecule has 5 aliphatic rings. The summed E-state index contributed by atoms with van der Waals surface area (Å²) < 4.78 is 51.5. The number of ether oxygens (including phenoxy) is 3. The fraction of sp³-hybridized carbons (Fsp3) is 0.482. The second-order valence-corrected chi connectivity index (χ2v) is 20.7. The maximum atomic E-state index is 17.2. The number of pyridine rings is 1. The standard InChI is InChI=1S/C56H62F2N10O6/c1-4-40-45(57)12-9-38-27-39(74-33-72-3)29-43(49(38)40)52-50(58)53-44(30-59-52)54(68-31-34-6-7-35(26-34)32-68)62-56(61-53)73-25-5-17-65-21-23-66(24-22-65)18-16-48(70)67-19-14-36(15-20-67)37-8-10-41-46(28-37)64(2)63-51(41)42-11-13-47(69)60-55(42)71/h1,8-10,12,27-30,34-36,42H,5-7,11,13-26,31-33H2,2-3H3,(H,60,69,71). The lowest BCUT2D eigenvalue weighted by molar-refractivity contribution is -0.134. The Morgan fingerprint density at radius 1 is 0.892 bits per heavy atom. The molecule has 1 aliphatic carbocycles. The minimum absolute atomic E-state index is 0.00267. The van der Waals surface area contributed by atoms with E-state index in [1.165, 1.54) is 25.2 Å². The van der Waals surface area contributed by atoms with Crippen molar-refractivity contribution in [2.75, 3.05) is 90.9 Å². The molecule has 2 bridgehead atoms. The number of methoxy groups -OCH3 is 1. The molecule has 1 N–H and O–H groups in total. The maximum Gasteiger partial charge on any atom is 0.319 e. The number of halogens is 2. The molecule has 18 heteroatoms. The van der Waals surface area contributed by atoms with E-state index in [-0.39, 0.29) is 52.9 Å². The number of anilines is 1. The minimum atomic E-state index is -0.696. The topological polar surface area (TPSA) is 160 Å². The van der Waals surface area contributed by atoms with E-state index < -0.39 is 17.6 Å². The summed E-state index contributed by atoms with van der Waals surface area (Å²) in [4.78, 5) is 61.1. The Balaban J connectivity index is 0.691. The van der Waals surface area contributed by atoms with E-state index in [0.29, 0.717) is 83.5 Å². The number of hydrogen-bond acceptors (Lipinski definition) is 13. The average Bonchev–Trinajstić information content (AvgIpc) is 3.95. The Morgan fingerprint density at radius 2 is 1.66 bits per heavy atom. The van der Waals surface area contributed by atoms with Crippen LogP contribution >= 0.6 is 0 Å². The van der Waals surface area contributed by atoms with Gasteiger partial charge in [-0.2, -0.15) is 15.1 Å². The van der Waals surface area contributed by atoms with Gasteiger partial charge >= 0.3 is 6.01 Å². The SMILES string of the molecule is C#Cc1c(F)ccc2cc(OCOC)cc(-c3ncc4c(N5CC6CCC(C6)C5)nc(OCCCN5CCN(CCC(=O)N6CCC(c7ccc8c(C9CCC(=O)NC9=O)nn(C)c8c7)CC6)CC5)nc4c3F)c12. The van der Waals surface area contributed by atoms with E-state index in [0.717, 1.165) is 102 Å². The lowest BCUT2D eigenvalue weighted by Crippen LogP contribution is -2.48. The smallest absolute Gasteiger partial charge is 0.319 e. The molecule has 5 fully saturated rings. The van der Waals surface area contributed by atoms with Crippen molar-refractivity contribution < 1.29 is 37.4 Å². The fourth-order valence-corrected chi connectivity index (χ4v) is 12.2. The van der Waals surface area contributed by atoms with Crippen LogP contribution in [0.25, 0.3) is 43.8 Å². The van der Waals surface area contributed by atoms with Crippen LogP contribution in [0.5, 0.6) is 11.8 Å². The molecule has 7 heterocycles. The number of nitrogens with one attached hydrogen (secondary N) is 1. The van der Waals surface area contributed by atoms with Crippen molar-refractivity contribution in [1.82, 2.24) is 44.7 Å². The molecular weight excluding hydrogens is 947 g/mol. The second kappa shape index (κ2) is 21.2. The number of hydrogen-bond donors (Lipinski definition) is 1. The van der Waals surface area contributed by atoms with Crippen LogP contribution in [0.2, 0.25) is 0 Å². The number of carbonyl (C=O) groups is 3. The van der Waals surface area contributed by atoms with Crippen molar-refractivity contribution in [2.24, 2.45) is 18.9 Å². The molecule has 16 nitrogen and oxygen atoms in total. The molecule has 4 aliphatic heterocycles. The highest BCUT2D eigenvalue weighted by atomic mass is 19.1. The zero-order valence-corrected chi connectivity index (χ0v) is 42.1. The van der Waals surface area contributed by atoms with Crippen molar-refractivity contribution in [3.05, 3.63) is 77.1 Å². The van der Waals surface area contributed by atoms with Gasteiger partial charge in [0.25, 0.3) is 0 Å². The number of rotatable bonds is 15. The van der Waals surface area contributed by atoms with E-state index in [2.05, 4.69) is 54.1 Å². The van der Waals surface area contributed by atoms with Crippen LogP contribution in [0.15, 0.2) is 48.7 Å². The van der Waals surface area contributed by atoms with Gasteiger partial charge in [0.2, 0.25) is 17.7 Å². The number of likely N-dealkylation sites (tertiary alicyclic amines) is 1. The number of nitrogens with zero attached hydrogens (tertiary/aromatic N) is 9. The molecule has 4 saturated heterocycles. The van der Waals surface area contributed by atoms with Gasteiger partial charge in [-0.1, -0.05) is 24.1 Å². The molecule has 3 aromatic carbocycles. The molecule has 3 amide bonds. The van der Waals surface area contributed by atoms with Crippen molar-refractivity contribution in [3.8, 4) is 35.4 Å². The number of benzene rings is 3. The van der Waals surface area contributed by atoms with Crippen LogP contribution in [-0.2, 0) is 26.2 Å². The number of imide groups is 1. The number of aryl methyl sites for hydroxylation is 1. The third-order valence-corrected chi connectivity index (χ3v) is 16.1. The zero-order chi connectivity index (χ0) is 51.0. The van der Waals surface area contributed by atoms with E-state index in [1.807, 2.05) is 16.6 Å². The second-order valence-electron chi connectivity index (χ2n) is 20.7. The van der Waals surface area contributed by atoms with Crippen molar-refractivity contribution >= 4 is 56.1 Å². The normalized spacial score (nSPS) is 20.9. The molecule has 74 heavy (non-hydrogen) atoms. The van der Waals surface area contributed by atoms with Gasteiger partial charge < -0.3 is 33.8 Å². The van der Waals surface area contributed by atoms with Gasteiger partial charge in [-0.05, 0) is 97.9 Å². The van der Waals surface area contributed by atoms with Crippen LogP contribution in [0.1, 0.15) is 86.4 Å². The number of carbonyl (C=O) groups excluding carboxylic acids is 3. The quantitative estimate of drug-likeness (QED) is 0.0490. The first-order valence-electron chi connectivity index (χ1n) is 26.1. The van der Waals surface area contributed by atoms with E-state index in [1.54, 1.807) is 24.4 Å². The fourth-order valence-electron chi connectivity index (χ4n) is 12.2. The van der Waals surface area contributed by atoms with Gasteiger partial charge in [-0.15, -0.1) is 6.42 Å². The third-order valence-electron chi connectivity index (χ3n) is 16.1. The number of terminal acetylenes is 1. The molecule has 3 atom stereocenters. The van der Waals surface area contributed by atoms with Crippen LogP contribution in [0, 0.1) is 35.8 Å². The molecule has 0 spiro atoms.